The Balaban J connectivity index is 2.88. The first kappa shape index (κ1) is 6.53. The van der Waals surface area contributed by atoms with Gasteiger partial charge in [0.25, 0.3) is 0 Å². The predicted octanol–water partition coefficient (Wildman–Crippen LogP) is 0.326. The van der Waals surface area contributed by atoms with Crippen molar-refractivity contribution in [2.75, 3.05) is 7.11 Å². The molecule has 10 heavy (non-hydrogen) atoms. The molecule has 0 fully saturated rings. The second-order valence-corrected chi connectivity index (χ2v) is 1.53. The third-order valence-corrected chi connectivity index (χ3v) is 0.929. The number of nitrogens with zero attached hydrogens (tertiary/aromatic N) is 2. The highest BCUT2D eigenvalue weighted by atomic mass is 16.6. The third-order valence-electron chi connectivity index (χ3n) is 0.929. The Labute approximate surface area is 56.0 Å². The molecule has 1 N–H and O–H groups in total. The van der Waals surface area contributed by atoms with Gasteiger partial charge < -0.3 is 14.9 Å². The summed E-state index contributed by atoms with van der Waals surface area (Å²) in [5.74, 6) is -0.170. The maximum Gasteiger partial charge on any atom is 0.388 e. The third kappa shape index (κ3) is 1.04. The van der Waals surface area contributed by atoms with E-state index < -0.39 is 4.92 Å². The summed E-state index contributed by atoms with van der Waals surface area (Å²) in [5, 5.41) is 10.0. The molecule has 0 aliphatic rings. The number of nitro groups is 1. The number of hydrogen-bond donors (Lipinski definition) is 1. The number of nitrogens with one attached hydrogen (secondary N) is 1. The second kappa shape index (κ2) is 2.34. The zero-order valence-corrected chi connectivity index (χ0v) is 5.20. The molecule has 0 atom stereocenters. The maximum absolute atomic E-state index is 10.0. The molecular formula is C4H5N3O3. The maximum atomic E-state index is 10.0. The smallest absolute Gasteiger partial charge is 0.388 e. The van der Waals surface area contributed by atoms with Crippen molar-refractivity contribution in [3.05, 3.63) is 16.3 Å². The molecule has 0 saturated carbocycles. The minimum absolute atomic E-state index is 0.145. The molecule has 54 valence electrons. The molecule has 1 aromatic rings. The lowest BCUT2D eigenvalue weighted by atomic mass is 10.8. The van der Waals surface area contributed by atoms with Crippen molar-refractivity contribution in [3.8, 4) is 6.01 Å². The van der Waals surface area contributed by atoms with Gasteiger partial charge in [0.15, 0.2) is 0 Å². The van der Waals surface area contributed by atoms with E-state index in [9.17, 15) is 10.1 Å². The number of methoxy groups -OCH3 is 1. The molecule has 0 aliphatic heterocycles. The van der Waals surface area contributed by atoms with Crippen LogP contribution in [0.25, 0.3) is 0 Å². The lowest BCUT2D eigenvalue weighted by Crippen LogP contribution is -1.87. The van der Waals surface area contributed by atoms with E-state index in [-0.39, 0.29) is 11.8 Å². The quantitative estimate of drug-likeness (QED) is 0.477. The summed E-state index contributed by atoms with van der Waals surface area (Å²) >= 11 is 0. The Hall–Kier alpha value is -1.59. The van der Waals surface area contributed by atoms with Gasteiger partial charge in [0.1, 0.15) is 6.20 Å². The molecular weight excluding hydrogens is 138 g/mol. The van der Waals surface area contributed by atoms with Crippen LogP contribution in [-0.2, 0) is 0 Å². The highest BCUT2D eigenvalue weighted by molar-refractivity contribution is 5.17. The van der Waals surface area contributed by atoms with E-state index in [1.807, 2.05) is 0 Å². The van der Waals surface area contributed by atoms with Gasteiger partial charge in [-0.15, -0.1) is 0 Å². The van der Waals surface area contributed by atoms with Crippen LogP contribution in [0.15, 0.2) is 6.20 Å². The van der Waals surface area contributed by atoms with Crippen LogP contribution in [-0.4, -0.2) is 22.0 Å². The second-order valence-electron chi connectivity index (χ2n) is 1.53. The average Bonchev–Trinajstić information content (AvgIpc) is 2.34. The molecule has 1 rings (SSSR count). The van der Waals surface area contributed by atoms with E-state index in [1.54, 1.807) is 0 Å². The molecule has 0 amide bonds. The fraction of sp³-hybridized carbons (Fsp3) is 0.250. The summed E-state index contributed by atoms with van der Waals surface area (Å²) in [6.07, 6.45) is 1.10. The SMILES string of the molecule is COc1ncc([N+](=O)[O-])[nH]1. The number of aromatic amines is 1. The normalized spacial score (nSPS) is 9.30. The van der Waals surface area contributed by atoms with Gasteiger partial charge in [-0.3, -0.25) is 0 Å². The molecule has 1 aromatic heterocycles. The van der Waals surface area contributed by atoms with Crippen LogP contribution in [0.5, 0.6) is 6.01 Å². The van der Waals surface area contributed by atoms with Crippen molar-refractivity contribution in [1.29, 1.82) is 0 Å². The fourth-order valence-electron chi connectivity index (χ4n) is 0.490. The molecule has 0 aliphatic carbocycles. The summed E-state index contributed by atoms with van der Waals surface area (Å²) in [7, 11) is 1.38. The number of hydrogen-bond acceptors (Lipinski definition) is 4. The largest absolute Gasteiger partial charge is 0.451 e. The van der Waals surface area contributed by atoms with Crippen molar-refractivity contribution in [3.63, 3.8) is 0 Å². The molecule has 1 heterocycles. The van der Waals surface area contributed by atoms with Crippen LogP contribution >= 0.6 is 0 Å². The molecule has 6 nitrogen and oxygen atoms in total. The van der Waals surface area contributed by atoms with Gasteiger partial charge in [-0.1, -0.05) is 0 Å². The van der Waals surface area contributed by atoms with Gasteiger partial charge in [0.2, 0.25) is 0 Å². The lowest BCUT2D eigenvalue weighted by molar-refractivity contribution is -0.389. The summed E-state index contributed by atoms with van der Waals surface area (Å²) in [6.45, 7) is 0. The molecule has 0 unspecified atom stereocenters. The highest BCUT2D eigenvalue weighted by Crippen LogP contribution is 2.10. The number of imidazole rings is 1. The Morgan fingerprint density at radius 2 is 2.60 bits per heavy atom. The van der Waals surface area contributed by atoms with E-state index >= 15 is 0 Å². The van der Waals surface area contributed by atoms with Crippen molar-refractivity contribution in [1.82, 2.24) is 9.97 Å². The standard InChI is InChI=1S/C4H5N3O3/c1-10-4-5-2-3(6-4)7(8)9/h2H,1H3,(H,5,6). The molecule has 0 radical (unpaired) electrons. The van der Waals surface area contributed by atoms with Gasteiger partial charge >= 0.3 is 11.8 Å². The average molecular weight is 143 g/mol. The zero-order chi connectivity index (χ0) is 7.56. The van der Waals surface area contributed by atoms with Crippen LogP contribution in [0.3, 0.4) is 0 Å². The van der Waals surface area contributed by atoms with Crippen molar-refractivity contribution >= 4 is 5.82 Å². The van der Waals surface area contributed by atoms with Gasteiger partial charge in [-0.2, -0.15) is 9.97 Å². The van der Waals surface area contributed by atoms with E-state index in [0.29, 0.717) is 0 Å². The molecule has 6 heteroatoms. The Morgan fingerprint density at radius 3 is 2.90 bits per heavy atom. The van der Waals surface area contributed by atoms with Gasteiger partial charge in [-0.25, -0.2) is 0 Å². The van der Waals surface area contributed by atoms with Crippen molar-refractivity contribution in [2.24, 2.45) is 0 Å². The highest BCUT2D eigenvalue weighted by Gasteiger charge is 2.08. The molecule has 0 saturated heterocycles. The van der Waals surface area contributed by atoms with Gasteiger partial charge in [0, 0.05) is 0 Å². The summed E-state index contributed by atoms with van der Waals surface area (Å²) in [4.78, 5) is 15.3. The van der Waals surface area contributed by atoms with Crippen molar-refractivity contribution in [2.45, 2.75) is 0 Å². The minimum Gasteiger partial charge on any atom is -0.451 e. The first-order chi connectivity index (χ1) is 4.74. The Morgan fingerprint density at radius 1 is 1.90 bits per heavy atom. The summed E-state index contributed by atoms with van der Waals surface area (Å²) in [5.41, 5.74) is 0. The summed E-state index contributed by atoms with van der Waals surface area (Å²) in [6, 6.07) is 0.145. The predicted molar refractivity (Wildman–Crippen MR) is 31.8 cm³/mol. The van der Waals surface area contributed by atoms with Gasteiger partial charge in [0.05, 0.1) is 7.11 Å². The number of rotatable bonds is 2. The van der Waals surface area contributed by atoms with Crippen LogP contribution < -0.4 is 4.74 Å². The fourth-order valence-corrected chi connectivity index (χ4v) is 0.490. The first-order valence-corrected chi connectivity index (χ1v) is 2.47. The van der Waals surface area contributed by atoms with E-state index in [0.717, 1.165) is 6.20 Å². The van der Waals surface area contributed by atoms with E-state index in [4.69, 9.17) is 0 Å². The van der Waals surface area contributed by atoms with Crippen LogP contribution in [0.1, 0.15) is 0 Å². The van der Waals surface area contributed by atoms with Crippen LogP contribution in [0, 0.1) is 10.1 Å². The molecule has 0 aromatic carbocycles. The Kier molecular flexibility index (Phi) is 1.53. The number of ether oxygens (including phenoxy) is 1. The minimum atomic E-state index is -0.574. The first-order valence-electron chi connectivity index (χ1n) is 2.47. The van der Waals surface area contributed by atoms with Crippen molar-refractivity contribution < 1.29 is 9.66 Å². The van der Waals surface area contributed by atoms with Crippen LogP contribution in [0.2, 0.25) is 0 Å². The van der Waals surface area contributed by atoms with Gasteiger partial charge in [-0.05, 0) is 4.92 Å². The zero-order valence-electron chi connectivity index (χ0n) is 5.20. The number of H-pyrrole nitrogens is 1. The molecule has 0 bridgehead atoms. The van der Waals surface area contributed by atoms with Crippen LogP contribution in [0.4, 0.5) is 5.82 Å². The molecule has 0 spiro atoms. The van der Waals surface area contributed by atoms with E-state index in [1.165, 1.54) is 7.11 Å². The van der Waals surface area contributed by atoms with E-state index in [2.05, 4.69) is 14.7 Å². The summed E-state index contributed by atoms with van der Waals surface area (Å²) < 4.78 is 4.57. The number of aromatic nitrogens is 2. The Bertz CT molecular complexity index is 244. The monoisotopic (exact) mass is 143 g/mol. The lowest BCUT2D eigenvalue weighted by Gasteiger charge is -1.85. The topological polar surface area (TPSA) is 81.1 Å².